The van der Waals surface area contributed by atoms with Crippen molar-refractivity contribution in [3.05, 3.63) is 34.6 Å². The average molecular weight is 227 g/mol. The zero-order valence-electron chi connectivity index (χ0n) is 8.30. The van der Waals surface area contributed by atoms with E-state index in [1.807, 2.05) is 0 Å². The van der Waals surface area contributed by atoms with Gasteiger partial charge in [0.1, 0.15) is 11.6 Å². The van der Waals surface area contributed by atoms with E-state index in [0.29, 0.717) is 17.0 Å². The standard InChI is InChI=1S/C12H12ClFO/c13-11-6-5-8(14)7-10(11)9-3-1-2-4-12(9)15/h5-7,9H,1-4H2. The molecule has 0 aliphatic heterocycles. The lowest BCUT2D eigenvalue weighted by Crippen LogP contribution is -2.17. The Morgan fingerprint density at radius 1 is 1.33 bits per heavy atom. The molecule has 15 heavy (non-hydrogen) atoms. The van der Waals surface area contributed by atoms with Crippen LogP contribution in [0.4, 0.5) is 4.39 Å². The summed E-state index contributed by atoms with van der Waals surface area (Å²) in [6.07, 6.45) is 3.35. The maximum Gasteiger partial charge on any atom is 0.140 e. The molecule has 1 aromatic carbocycles. The van der Waals surface area contributed by atoms with Crippen LogP contribution in [0.15, 0.2) is 18.2 Å². The molecule has 0 heterocycles. The molecule has 1 atom stereocenters. The van der Waals surface area contributed by atoms with Crippen LogP contribution in [0.3, 0.4) is 0 Å². The van der Waals surface area contributed by atoms with Crippen molar-refractivity contribution < 1.29 is 9.18 Å². The van der Waals surface area contributed by atoms with Crippen molar-refractivity contribution in [3.8, 4) is 0 Å². The fraction of sp³-hybridized carbons (Fsp3) is 0.417. The van der Waals surface area contributed by atoms with Crippen molar-refractivity contribution in [1.29, 1.82) is 0 Å². The lowest BCUT2D eigenvalue weighted by molar-refractivity contribution is -0.121. The number of rotatable bonds is 1. The van der Waals surface area contributed by atoms with Gasteiger partial charge in [-0.2, -0.15) is 0 Å². The Kier molecular flexibility index (Phi) is 3.06. The Morgan fingerprint density at radius 2 is 2.13 bits per heavy atom. The monoisotopic (exact) mass is 226 g/mol. The van der Waals surface area contributed by atoms with Gasteiger partial charge in [0.05, 0.1) is 0 Å². The predicted molar refractivity (Wildman–Crippen MR) is 57.6 cm³/mol. The SMILES string of the molecule is O=C1CCCCC1c1cc(F)ccc1Cl. The van der Waals surface area contributed by atoms with Gasteiger partial charge in [0.25, 0.3) is 0 Å². The Labute approximate surface area is 93.2 Å². The van der Waals surface area contributed by atoms with Gasteiger partial charge < -0.3 is 0 Å². The summed E-state index contributed by atoms with van der Waals surface area (Å²) in [6.45, 7) is 0. The number of hydrogen-bond acceptors (Lipinski definition) is 1. The van der Waals surface area contributed by atoms with Crippen LogP contribution in [0, 0.1) is 5.82 Å². The number of ketones is 1. The molecule has 1 aliphatic carbocycles. The first-order chi connectivity index (χ1) is 7.18. The Bertz CT molecular complexity index is 389. The molecular formula is C12H12ClFO. The first kappa shape index (κ1) is 10.6. The van der Waals surface area contributed by atoms with E-state index in [-0.39, 0.29) is 17.5 Å². The van der Waals surface area contributed by atoms with Gasteiger partial charge in [-0.1, -0.05) is 18.0 Å². The topological polar surface area (TPSA) is 17.1 Å². The first-order valence-electron chi connectivity index (χ1n) is 5.16. The molecule has 0 saturated heterocycles. The summed E-state index contributed by atoms with van der Waals surface area (Å²) in [5.41, 5.74) is 0.654. The molecule has 1 fully saturated rings. The zero-order chi connectivity index (χ0) is 10.8. The first-order valence-corrected chi connectivity index (χ1v) is 5.54. The Balaban J connectivity index is 2.34. The van der Waals surface area contributed by atoms with Gasteiger partial charge in [0, 0.05) is 17.4 Å². The van der Waals surface area contributed by atoms with Crippen LogP contribution in [0.5, 0.6) is 0 Å². The lowest BCUT2D eigenvalue weighted by Gasteiger charge is -2.21. The predicted octanol–water partition coefficient (Wildman–Crippen LogP) is 3.71. The molecule has 2 rings (SSSR count). The van der Waals surface area contributed by atoms with Crippen LogP contribution in [0.2, 0.25) is 5.02 Å². The van der Waals surface area contributed by atoms with E-state index in [0.717, 1.165) is 19.3 Å². The third-order valence-corrected chi connectivity index (χ3v) is 3.23. The second-order valence-electron chi connectivity index (χ2n) is 3.93. The van der Waals surface area contributed by atoms with Gasteiger partial charge >= 0.3 is 0 Å². The molecule has 1 saturated carbocycles. The smallest absolute Gasteiger partial charge is 0.140 e. The number of carbonyl (C=O) groups excluding carboxylic acids is 1. The maximum absolute atomic E-state index is 13.1. The molecule has 0 radical (unpaired) electrons. The summed E-state index contributed by atoms with van der Waals surface area (Å²) >= 11 is 5.98. The summed E-state index contributed by atoms with van der Waals surface area (Å²) in [4.78, 5) is 11.7. The minimum absolute atomic E-state index is 0.189. The summed E-state index contributed by atoms with van der Waals surface area (Å²) in [7, 11) is 0. The Hall–Kier alpha value is -0.890. The van der Waals surface area contributed by atoms with Crippen molar-refractivity contribution in [3.63, 3.8) is 0 Å². The van der Waals surface area contributed by atoms with Crippen LogP contribution in [0.25, 0.3) is 0 Å². The third-order valence-electron chi connectivity index (χ3n) is 2.89. The molecule has 0 aromatic heterocycles. The van der Waals surface area contributed by atoms with E-state index in [1.54, 1.807) is 0 Å². The van der Waals surface area contributed by atoms with E-state index >= 15 is 0 Å². The van der Waals surface area contributed by atoms with E-state index in [2.05, 4.69) is 0 Å². The second-order valence-corrected chi connectivity index (χ2v) is 4.34. The van der Waals surface area contributed by atoms with Crippen molar-refractivity contribution in [2.75, 3.05) is 0 Å². The summed E-state index contributed by atoms with van der Waals surface area (Å²) in [6, 6.07) is 4.23. The van der Waals surface area contributed by atoms with Crippen molar-refractivity contribution in [2.45, 2.75) is 31.6 Å². The summed E-state index contributed by atoms with van der Waals surface area (Å²) < 4.78 is 13.1. The molecule has 0 N–H and O–H groups in total. The highest BCUT2D eigenvalue weighted by Gasteiger charge is 2.25. The van der Waals surface area contributed by atoms with Crippen LogP contribution < -0.4 is 0 Å². The largest absolute Gasteiger partial charge is 0.299 e. The van der Waals surface area contributed by atoms with Crippen LogP contribution in [-0.4, -0.2) is 5.78 Å². The van der Waals surface area contributed by atoms with Crippen molar-refractivity contribution in [1.82, 2.24) is 0 Å². The van der Waals surface area contributed by atoms with Gasteiger partial charge in [-0.15, -0.1) is 0 Å². The second kappa shape index (κ2) is 4.31. The number of Topliss-reactive ketones (excluding diaryl/α,β-unsaturated/α-hetero) is 1. The van der Waals surface area contributed by atoms with Crippen LogP contribution >= 0.6 is 11.6 Å². The normalized spacial score (nSPS) is 21.7. The van der Waals surface area contributed by atoms with Crippen molar-refractivity contribution in [2.24, 2.45) is 0 Å². The highest BCUT2D eigenvalue weighted by molar-refractivity contribution is 6.31. The molecule has 0 bridgehead atoms. The van der Waals surface area contributed by atoms with Gasteiger partial charge in [-0.05, 0) is 36.6 Å². The fourth-order valence-corrected chi connectivity index (χ4v) is 2.34. The number of carbonyl (C=O) groups is 1. The molecule has 1 unspecified atom stereocenters. The van der Waals surface area contributed by atoms with Gasteiger partial charge in [0.15, 0.2) is 0 Å². The molecule has 1 aromatic rings. The van der Waals surface area contributed by atoms with Gasteiger partial charge in [0.2, 0.25) is 0 Å². The van der Waals surface area contributed by atoms with Crippen molar-refractivity contribution >= 4 is 17.4 Å². The van der Waals surface area contributed by atoms with E-state index < -0.39 is 0 Å². The number of benzene rings is 1. The molecular weight excluding hydrogens is 215 g/mol. The fourth-order valence-electron chi connectivity index (χ4n) is 2.09. The molecule has 0 amide bonds. The zero-order valence-corrected chi connectivity index (χ0v) is 9.06. The van der Waals surface area contributed by atoms with E-state index in [1.165, 1.54) is 18.2 Å². The third kappa shape index (κ3) is 2.20. The van der Waals surface area contributed by atoms with E-state index in [9.17, 15) is 9.18 Å². The Morgan fingerprint density at radius 3 is 2.87 bits per heavy atom. The van der Waals surface area contributed by atoms with Crippen LogP contribution in [0.1, 0.15) is 37.2 Å². The molecule has 0 spiro atoms. The number of hydrogen-bond donors (Lipinski definition) is 0. The summed E-state index contributed by atoms with van der Waals surface area (Å²) in [5.74, 6) is -0.330. The average Bonchev–Trinajstić information content (AvgIpc) is 2.23. The maximum atomic E-state index is 13.1. The molecule has 3 heteroatoms. The molecule has 1 nitrogen and oxygen atoms in total. The van der Waals surface area contributed by atoms with Gasteiger partial charge in [-0.25, -0.2) is 4.39 Å². The minimum Gasteiger partial charge on any atom is -0.299 e. The minimum atomic E-state index is -0.326. The number of halogens is 2. The summed E-state index contributed by atoms with van der Waals surface area (Å²) in [5, 5.41) is 0.497. The quantitative estimate of drug-likeness (QED) is 0.714. The molecule has 80 valence electrons. The van der Waals surface area contributed by atoms with Crippen LogP contribution in [-0.2, 0) is 4.79 Å². The van der Waals surface area contributed by atoms with E-state index in [4.69, 9.17) is 11.6 Å². The highest BCUT2D eigenvalue weighted by atomic mass is 35.5. The lowest BCUT2D eigenvalue weighted by atomic mass is 9.83. The molecule has 1 aliphatic rings. The highest BCUT2D eigenvalue weighted by Crippen LogP contribution is 2.34. The van der Waals surface area contributed by atoms with Gasteiger partial charge in [-0.3, -0.25) is 4.79 Å².